The smallest absolute Gasteiger partial charge is 0.387 e. The van der Waals surface area contributed by atoms with E-state index in [0.717, 1.165) is 18.6 Å². The fourth-order valence-electron chi connectivity index (χ4n) is 1.79. The highest BCUT2D eigenvalue weighted by atomic mass is 19.3. The first-order valence-corrected chi connectivity index (χ1v) is 7.13. The van der Waals surface area contributed by atoms with Crippen molar-refractivity contribution in [3.63, 3.8) is 0 Å². The van der Waals surface area contributed by atoms with E-state index in [9.17, 15) is 18.0 Å². The first-order valence-electron chi connectivity index (χ1n) is 7.13. The Morgan fingerprint density at radius 3 is 2.65 bits per heavy atom. The molecule has 8 heteroatoms. The summed E-state index contributed by atoms with van der Waals surface area (Å²) in [5.41, 5.74) is -0.0840. The molecule has 0 saturated carbocycles. The Hall–Kier alpha value is -1.96. The standard InChI is InChI=1S/C15H21F3N2O3/c1-15(2,9-21)6-3-7-19-14(22)20-10-4-5-12(11(16)8-10)23-13(17)18/h4-5,8,13,21H,3,6-7,9H2,1-2H3,(H2,19,20,22). The molecule has 0 spiro atoms. The van der Waals surface area contributed by atoms with Crippen LogP contribution in [0, 0.1) is 11.2 Å². The van der Waals surface area contributed by atoms with Crippen LogP contribution in [0.25, 0.3) is 0 Å². The van der Waals surface area contributed by atoms with Gasteiger partial charge < -0.3 is 20.5 Å². The predicted octanol–water partition coefficient (Wildman–Crippen LogP) is 3.35. The van der Waals surface area contributed by atoms with Gasteiger partial charge in [-0.3, -0.25) is 0 Å². The number of alkyl halides is 2. The van der Waals surface area contributed by atoms with Crippen LogP contribution in [0.2, 0.25) is 0 Å². The maximum absolute atomic E-state index is 13.5. The second kappa shape index (κ2) is 8.61. The minimum Gasteiger partial charge on any atom is -0.432 e. The molecular formula is C15H21F3N2O3. The molecule has 0 fully saturated rings. The predicted molar refractivity (Wildman–Crippen MR) is 80.2 cm³/mol. The molecular weight excluding hydrogens is 313 g/mol. The Balaban J connectivity index is 2.41. The first kappa shape index (κ1) is 19.1. The topological polar surface area (TPSA) is 70.6 Å². The quantitative estimate of drug-likeness (QED) is 0.639. The minimum atomic E-state index is -3.12. The summed E-state index contributed by atoms with van der Waals surface area (Å²) in [5.74, 6) is -1.58. The molecule has 0 aromatic heterocycles. The number of aliphatic hydroxyl groups excluding tert-OH is 1. The molecule has 0 aliphatic carbocycles. The summed E-state index contributed by atoms with van der Waals surface area (Å²) in [7, 11) is 0. The van der Waals surface area contributed by atoms with Crippen LogP contribution in [0.4, 0.5) is 23.7 Å². The van der Waals surface area contributed by atoms with Crippen LogP contribution in [0.5, 0.6) is 5.75 Å². The van der Waals surface area contributed by atoms with Crippen LogP contribution in [-0.4, -0.2) is 30.9 Å². The van der Waals surface area contributed by atoms with Crippen molar-refractivity contribution in [2.75, 3.05) is 18.5 Å². The minimum absolute atomic E-state index is 0.0610. The van der Waals surface area contributed by atoms with Crippen molar-refractivity contribution >= 4 is 11.7 Å². The molecule has 1 aromatic carbocycles. The van der Waals surface area contributed by atoms with Crippen molar-refractivity contribution in [1.82, 2.24) is 5.32 Å². The zero-order valence-corrected chi connectivity index (χ0v) is 13.0. The number of ether oxygens (including phenoxy) is 1. The highest BCUT2D eigenvalue weighted by molar-refractivity contribution is 5.89. The zero-order valence-electron chi connectivity index (χ0n) is 13.0. The van der Waals surface area contributed by atoms with E-state index in [1.165, 1.54) is 6.07 Å². The van der Waals surface area contributed by atoms with E-state index in [1.807, 2.05) is 13.8 Å². The Morgan fingerprint density at radius 1 is 1.39 bits per heavy atom. The number of amides is 2. The second-order valence-electron chi connectivity index (χ2n) is 5.83. The molecule has 1 rings (SSSR count). The van der Waals surface area contributed by atoms with Crippen molar-refractivity contribution < 1.29 is 27.8 Å². The summed E-state index contributed by atoms with van der Waals surface area (Å²) in [5, 5.41) is 14.1. The average molecular weight is 334 g/mol. The number of carbonyl (C=O) groups excluding carboxylic acids is 1. The van der Waals surface area contributed by atoms with Gasteiger partial charge in [0.05, 0.1) is 0 Å². The number of aliphatic hydroxyl groups is 1. The van der Waals surface area contributed by atoms with Gasteiger partial charge in [0.2, 0.25) is 0 Å². The molecule has 1 aromatic rings. The lowest BCUT2D eigenvalue weighted by atomic mass is 9.89. The number of hydrogen-bond donors (Lipinski definition) is 3. The van der Waals surface area contributed by atoms with Crippen LogP contribution >= 0.6 is 0 Å². The summed E-state index contributed by atoms with van der Waals surface area (Å²) in [6, 6.07) is 2.64. The largest absolute Gasteiger partial charge is 0.432 e. The van der Waals surface area contributed by atoms with Crippen LogP contribution in [0.15, 0.2) is 18.2 Å². The summed E-state index contributed by atoms with van der Waals surface area (Å²) in [4.78, 5) is 11.6. The maximum Gasteiger partial charge on any atom is 0.387 e. The van der Waals surface area contributed by atoms with Crippen LogP contribution in [0.3, 0.4) is 0 Å². The molecule has 0 radical (unpaired) electrons. The number of benzene rings is 1. The van der Waals surface area contributed by atoms with Gasteiger partial charge in [0, 0.05) is 24.9 Å². The second-order valence-corrected chi connectivity index (χ2v) is 5.83. The Kier molecular flexibility index (Phi) is 7.15. The Labute approximate surface area is 132 Å². The lowest BCUT2D eigenvalue weighted by Crippen LogP contribution is -2.30. The fraction of sp³-hybridized carbons (Fsp3) is 0.533. The Morgan fingerprint density at radius 2 is 2.09 bits per heavy atom. The molecule has 23 heavy (non-hydrogen) atoms. The molecule has 0 bridgehead atoms. The number of nitrogens with one attached hydrogen (secondary N) is 2. The van der Waals surface area contributed by atoms with Crippen molar-refractivity contribution in [1.29, 1.82) is 0 Å². The summed E-state index contributed by atoms with van der Waals surface area (Å²) in [6.45, 7) is 1.17. The fourth-order valence-corrected chi connectivity index (χ4v) is 1.79. The van der Waals surface area contributed by atoms with E-state index in [-0.39, 0.29) is 17.7 Å². The van der Waals surface area contributed by atoms with E-state index in [4.69, 9.17) is 5.11 Å². The van der Waals surface area contributed by atoms with Crippen molar-refractivity contribution in [3.8, 4) is 5.75 Å². The normalized spacial score (nSPS) is 11.4. The van der Waals surface area contributed by atoms with Crippen molar-refractivity contribution in [3.05, 3.63) is 24.0 Å². The number of halogens is 3. The number of carbonyl (C=O) groups is 1. The number of urea groups is 1. The van der Waals surface area contributed by atoms with Crippen molar-refractivity contribution in [2.24, 2.45) is 5.41 Å². The van der Waals surface area contributed by atoms with Gasteiger partial charge in [0.1, 0.15) is 0 Å². The van der Waals surface area contributed by atoms with E-state index < -0.39 is 24.2 Å². The zero-order chi connectivity index (χ0) is 17.5. The van der Waals surface area contributed by atoms with Gasteiger partial charge in [-0.1, -0.05) is 13.8 Å². The van der Waals surface area contributed by atoms with E-state index in [2.05, 4.69) is 15.4 Å². The Bertz CT molecular complexity index is 525. The highest BCUT2D eigenvalue weighted by Gasteiger charge is 2.15. The summed E-state index contributed by atoms with van der Waals surface area (Å²) >= 11 is 0. The van der Waals surface area contributed by atoms with E-state index in [0.29, 0.717) is 13.0 Å². The average Bonchev–Trinajstić information content (AvgIpc) is 2.46. The van der Waals surface area contributed by atoms with Gasteiger partial charge in [-0.05, 0) is 30.4 Å². The monoisotopic (exact) mass is 334 g/mol. The van der Waals surface area contributed by atoms with E-state index >= 15 is 0 Å². The summed E-state index contributed by atoms with van der Waals surface area (Å²) in [6.07, 6.45) is 1.41. The molecule has 0 aliphatic heterocycles. The lowest BCUT2D eigenvalue weighted by Gasteiger charge is -2.21. The molecule has 3 N–H and O–H groups in total. The first-order chi connectivity index (χ1) is 10.7. The van der Waals surface area contributed by atoms with Gasteiger partial charge in [0.25, 0.3) is 0 Å². The van der Waals surface area contributed by atoms with Crippen LogP contribution < -0.4 is 15.4 Å². The van der Waals surface area contributed by atoms with Gasteiger partial charge in [-0.15, -0.1) is 0 Å². The molecule has 0 heterocycles. The molecule has 5 nitrogen and oxygen atoms in total. The highest BCUT2D eigenvalue weighted by Crippen LogP contribution is 2.23. The van der Waals surface area contributed by atoms with Gasteiger partial charge >= 0.3 is 12.6 Å². The van der Waals surface area contributed by atoms with Crippen LogP contribution in [-0.2, 0) is 0 Å². The number of rotatable bonds is 8. The number of hydrogen-bond acceptors (Lipinski definition) is 3. The third-order valence-corrected chi connectivity index (χ3v) is 3.15. The van der Waals surface area contributed by atoms with Gasteiger partial charge in [-0.25, -0.2) is 9.18 Å². The molecule has 0 aliphatic rings. The SMILES string of the molecule is CC(C)(CO)CCCNC(=O)Nc1ccc(OC(F)F)c(F)c1. The lowest BCUT2D eigenvalue weighted by molar-refractivity contribution is -0.0521. The number of anilines is 1. The molecule has 0 atom stereocenters. The third-order valence-electron chi connectivity index (χ3n) is 3.15. The molecule has 0 unspecified atom stereocenters. The van der Waals surface area contributed by atoms with Crippen LogP contribution in [0.1, 0.15) is 26.7 Å². The van der Waals surface area contributed by atoms with Crippen molar-refractivity contribution in [2.45, 2.75) is 33.3 Å². The van der Waals surface area contributed by atoms with Gasteiger partial charge in [0.15, 0.2) is 11.6 Å². The molecule has 2 amide bonds. The summed E-state index contributed by atoms with van der Waals surface area (Å²) < 4.78 is 41.5. The third kappa shape index (κ3) is 7.23. The molecule has 0 saturated heterocycles. The van der Waals surface area contributed by atoms with E-state index in [1.54, 1.807) is 0 Å². The molecule has 130 valence electrons. The maximum atomic E-state index is 13.5. The van der Waals surface area contributed by atoms with Gasteiger partial charge in [-0.2, -0.15) is 8.78 Å².